The minimum atomic E-state index is -4.23. The van der Waals surface area contributed by atoms with Crippen molar-refractivity contribution in [1.82, 2.24) is 19.7 Å². The molecule has 2 aromatic rings. The largest absolute Gasteiger partial charge is 0.390 e. The molecule has 0 bridgehead atoms. The van der Waals surface area contributed by atoms with Crippen molar-refractivity contribution in [1.29, 1.82) is 0 Å². The van der Waals surface area contributed by atoms with Gasteiger partial charge in [0.15, 0.2) is 0 Å². The van der Waals surface area contributed by atoms with E-state index in [4.69, 9.17) is 0 Å². The number of amides is 1. The quantitative estimate of drug-likeness (QED) is 0.861. The van der Waals surface area contributed by atoms with E-state index in [0.29, 0.717) is 18.7 Å². The fourth-order valence-electron chi connectivity index (χ4n) is 2.85. The molecule has 0 aromatic carbocycles. The van der Waals surface area contributed by atoms with E-state index in [1.807, 2.05) is 12.1 Å². The summed E-state index contributed by atoms with van der Waals surface area (Å²) >= 11 is 0. The topological polar surface area (TPSA) is 51.0 Å². The summed E-state index contributed by atoms with van der Waals surface area (Å²) in [5.74, 6) is 0.0440. The van der Waals surface area contributed by atoms with Crippen LogP contribution in [0.15, 0.2) is 36.9 Å². The summed E-state index contributed by atoms with van der Waals surface area (Å²) in [6, 6.07) is 3.85. The van der Waals surface area contributed by atoms with Crippen molar-refractivity contribution < 1.29 is 18.0 Å². The fourth-order valence-corrected chi connectivity index (χ4v) is 2.85. The standard InChI is InChI=1S/C16H17F3N4O/c17-16(18,19)4-7-23-11-14(9-21-23)15(24)22-6-3-13(10-22)12-2-1-5-20-8-12/h1-2,5,8-9,11,13H,3-4,6-7,10H2. The maximum Gasteiger partial charge on any atom is 0.390 e. The Hall–Kier alpha value is -2.38. The molecule has 1 fully saturated rings. The highest BCUT2D eigenvalue weighted by Crippen LogP contribution is 2.27. The molecule has 0 N–H and O–H groups in total. The van der Waals surface area contributed by atoms with Gasteiger partial charge >= 0.3 is 6.18 Å². The third kappa shape index (κ3) is 3.93. The number of nitrogens with zero attached hydrogens (tertiary/aromatic N) is 4. The van der Waals surface area contributed by atoms with E-state index in [1.165, 1.54) is 12.4 Å². The molecule has 1 atom stereocenters. The van der Waals surface area contributed by atoms with Gasteiger partial charge < -0.3 is 4.90 Å². The van der Waals surface area contributed by atoms with Crippen LogP contribution < -0.4 is 0 Å². The number of pyridine rings is 1. The number of likely N-dealkylation sites (tertiary alicyclic amines) is 1. The Balaban J connectivity index is 1.60. The molecule has 0 radical (unpaired) electrons. The molecule has 8 heteroatoms. The molecule has 1 saturated heterocycles. The number of halogens is 3. The minimum Gasteiger partial charge on any atom is -0.338 e. The SMILES string of the molecule is O=C(c1cnn(CCC(F)(F)F)c1)N1CCC(c2cccnc2)C1. The lowest BCUT2D eigenvalue weighted by Crippen LogP contribution is -2.28. The monoisotopic (exact) mass is 338 g/mol. The van der Waals surface area contributed by atoms with Gasteiger partial charge in [0.1, 0.15) is 0 Å². The molecule has 24 heavy (non-hydrogen) atoms. The molecule has 3 rings (SSSR count). The fraction of sp³-hybridized carbons (Fsp3) is 0.438. The van der Waals surface area contributed by atoms with E-state index in [1.54, 1.807) is 17.3 Å². The van der Waals surface area contributed by atoms with Crippen LogP contribution in [0.1, 0.15) is 34.7 Å². The molecule has 0 saturated carbocycles. The van der Waals surface area contributed by atoms with E-state index in [0.717, 1.165) is 16.7 Å². The lowest BCUT2D eigenvalue weighted by molar-refractivity contribution is -0.137. The first-order chi connectivity index (χ1) is 11.4. The molecule has 3 heterocycles. The second kappa shape index (κ2) is 6.62. The minimum absolute atomic E-state index is 0.195. The van der Waals surface area contributed by atoms with Crippen molar-refractivity contribution in [3.63, 3.8) is 0 Å². The highest BCUT2D eigenvalue weighted by Gasteiger charge is 2.29. The molecule has 1 aliphatic heterocycles. The Morgan fingerprint density at radius 3 is 2.88 bits per heavy atom. The average molecular weight is 338 g/mol. The normalized spacial score (nSPS) is 18.1. The molecular formula is C16H17F3N4O. The zero-order valence-electron chi connectivity index (χ0n) is 12.9. The van der Waals surface area contributed by atoms with E-state index in [9.17, 15) is 18.0 Å². The third-order valence-corrected chi connectivity index (χ3v) is 4.14. The molecule has 0 spiro atoms. The summed E-state index contributed by atoms with van der Waals surface area (Å²) in [6.07, 6.45) is 1.86. The first-order valence-corrected chi connectivity index (χ1v) is 7.71. The lowest BCUT2D eigenvalue weighted by Gasteiger charge is -2.15. The first-order valence-electron chi connectivity index (χ1n) is 7.71. The summed E-state index contributed by atoms with van der Waals surface area (Å²) in [6.45, 7) is 0.916. The number of rotatable bonds is 4. The van der Waals surface area contributed by atoms with Crippen molar-refractivity contribution in [2.24, 2.45) is 0 Å². The Morgan fingerprint density at radius 1 is 1.33 bits per heavy atom. The van der Waals surface area contributed by atoms with Crippen molar-refractivity contribution in [3.05, 3.63) is 48.0 Å². The van der Waals surface area contributed by atoms with Crippen molar-refractivity contribution in [3.8, 4) is 0 Å². The van der Waals surface area contributed by atoms with Crippen LogP contribution in [0.25, 0.3) is 0 Å². The summed E-state index contributed by atoms with van der Waals surface area (Å²) in [7, 11) is 0. The number of carbonyl (C=O) groups excluding carboxylic acids is 1. The zero-order chi connectivity index (χ0) is 17.2. The Labute approximate surface area is 137 Å². The second-order valence-electron chi connectivity index (χ2n) is 5.88. The summed E-state index contributed by atoms with van der Waals surface area (Å²) < 4.78 is 37.9. The van der Waals surface area contributed by atoms with E-state index >= 15 is 0 Å². The third-order valence-electron chi connectivity index (χ3n) is 4.14. The number of hydrogen-bond donors (Lipinski definition) is 0. The van der Waals surface area contributed by atoms with Crippen molar-refractivity contribution in [2.45, 2.75) is 31.5 Å². The van der Waals surface area contributed by atoms with E-state index in [2.05, 4.69) is 10.1 Å². The molecule has 2 aromatic heterocycles. The van der Waals surface area contributed by atoms with E-state index < -0.39 is 12.6 Å². The number of alkyl halides is 3. The molecule has 5 nitrogen and oxygen atoms in total. The molecular weight excluding hydrogens is 321 g/mol. The van der Waals surface area contributed by atoms with Crippen LogP contribution in [-0.2, 0) is 6.54 Å². The molecule has 1 amide bonds. The Kier molecular flexibility index (Phi) is 4.55. The van der Waals surface area contributed by atoms with Gasteiger partial charge in [0.25, 0.3) is 5.91 Å². The highest BCUT2D eigenvalue weighted by atomic mass is 19.4. The molecule has 1 aliphatic rings. The number of hydrogen-bond acceptors (Lipinski definition) is 3. The zero-order valence-corrected chi connectivity index (χ0v) is 12.9. The summed E-state index contributed by atoms with van der Waals surface area (Å²) in [5, 5.41) is 3.85. The van der Waals surface area contributed by atoms with Gasteiger partial charge in [-0.05, 0) is 18.1 Å². The number of aromatic nitrogens is 3. The van der Waals surface area contributed by atoms with Gasteiger partial charge in [-0.2, -0.15) is 18.3 Å². The maximum absolute atomic E-state index is 12.5. The second-order valence-corrected chi connectivity index (χ2v) is 5.88. The molecule has 0 aliphatic carbocycles. The van der Waals surface area contributed by atoms with E-state index in [-0.39, 0.29) is 18.4 Å². The Bertz CT molecular complexity index is 699. The van der Waals surface area contributed by atoms with Crippen LogP contribution in [0.5, 0.6) is 0 Å². The number of carbonyl (C=O) groups is 1. The van der Waals surface area contributed by atoms with Crippen LogP contribution in [0.2, 0.25) is 0 Å². The Morgan fingerprint density at radius 2 is 2.17 bits per heavy atom. The average Bonchev–Trinajstić information content (AvgIpc) is 3.22. The molecule has 1 unspecified atom stereocenters. The predicted molar refractivity (Wildman–Crippen MR) is 80.4 cm³/mol. The van der Waals surface area contributed by atoms with Gasteiger partial charge in [-0.25, -0.2) is 0 Å². The van der Waals surface area contributed by atoms with Gasteiger partial charge in [-0.15, -0.1) is 0 Å². The van der Waals surface area contributed by atoms with Gasteiger partial charge in [-0.1, -0.05) is 6.07 Å². The lowest BCUT2D eigenvalue weighted by atomic mass is 10.0. The first kappa shape index (κ1) is 16.5. The van der Waals surface area contributed by atoms with Crippen LogP contribution in [-0.4, -0.2) is 44.8 Å². The van der Waals surface area contributed by atoms with Gasteiger partial charge in [-0.3, -0.25) is 14.5 Å². The highest BCUT2D eigenvalue weighted by molar-refractivity contribution is 5.94. The van der Waals surface area contributed by atoms with Gasteiger partial charge in [0.05, 0.1) is 18.2 Å². The number of aryl methyl sites for hydroxylation is 1. The maximum atomic E-state index is 12.5. The smallest absolute Gasteiger partial charge is 0.338 e. The van der Waals surface area contributed by atoms with Crippen LogP contribution in [0.3, 0.4) is 0 Å². The predicted octanol–water partition coefficient (Wildman–Crippen LogP) is 2.86. The van der Waals surface area contributed by atoms with Crippen LogP contribution >= 0.6 is 0 Å². The van der Waals surface area contributed by atoms with Gasteiger partial charge in [0, 0.05) is 44.1 Å². The van der Waals surface area contributed by atoms with Gasteiger partial charge in [0.2, 0.25) is 0 Å². The summed E-state index contributed by atoms with van der Waals surface area (Å²) in [4.78, 5) is 18.3. The van der Waals surface area contributed by atoms with Crippen molar-refractivity contribution >= 4 is 5.91 Å². The van der Waals surface area contributed by atoms with Crippen molar-refractivity contribution in [2.75, 3.05) is 13.1 Å². The summed E-state index contributed by atoms with van der Waals surface area (Å²) in [5.41, 5.74) is 1.41. The van der Waals surface area contributed by atoms with Crippen LogP contribution in [0, 0.1) is 0 Å². The molecule has 128 valence electrons. The van der Waals surface area contributed by atoms with Crippen LogP contribution in [0.4, 0.5) is 13.2 Å².